The molecule has 1 heterocycles. The molecule has 3 aromatic carbocycles. The molecular weight excluding hydrogens is 593 g/mol. The summed E-state index contributed by atoms with van der Waals surface area (Å²) in [5.74, 6) is 0.480. The quantitative estimate of drug-likeness (QED) is 0.287. The molecule has 2 aliphatic rings. The minimum Gasteiger partial charge on any atom is -0.384 e. The Morgan fingerprint density at radius 1 is 1.02 bits per heavy atom. The first kappa shape index (κ1) is 29.6. The van der Waals surface area contributed by atoms with E-state index in [-0.39, 0.29) is 11.2 Å². The highest BCUT2D eigenvalue weighted by molar-refractivity contribution is 7.98. The first-order chi connectivity index (χ1) is 19.4. The van der Waals surface area contributed by atoms with Gasteiger partial charge in [-0.2, -0.15) is 5.26 Å². The molecule has 0 fully saturated rings. The summed E-state index contributed by atoms with van der Waals surface area (Å²) in [5.41, 5.74) is 13.3. The van der Waals surface area contributed by atoms with Gasteiger partial charge in [-0.25, -0.2) is 0 Å². The molecule has 0 spiro atoms. The van der Waals surface area contributed by atoms with Crippen LogP contribution in [0.1, 0.15) is 54.9 Å². The Morgan fingerprint density at radius 2 is 1.71 bits per heavy atom. The molecule has 0 bridgehead atoms. The molecule has 0 radical (unpaired) electrons. The van der Waals surface area contributed by atoms with Crippen molar-refractivity contribution in [2.24, 2.45) is 11.1 Å². The molecule has 1 atom stereocenters. The van der Waals surface area contributed by atoms with Crippen LogP contribution in [0.3, 0.4) is 0 Å². The van der Waals surface area contributed by atoms with Gasteiger partial charge in [0.15, 0.2) is 5.78 Å². The van der Waals surface area contributed by atoms with Gasteiger partial charge in [-0.05, 0) is 84.8 Å². The molecule has 0 saturated carbocycles. The van der Waals surface area contributed by atoms with E-state index in [0.717, 1.165) is 38.5 Å². The van der Waals surface area contributed by atoms with Gasteiger partial charge in [0, 0.05) is 44.1 Å². The maximum absolute atomic E-state index is 14.0. The molecule has 1 unspecified atom stereocenters. The zero-order chi connectivity index (χ0) is 29.6. The zero-order valence-corrected chi connectivity index (χ0v) is 26.4. The lowest BCUT2D eigenvalue weighted by molar-refractivity contribution is -0.118. The van der Waals surface area contributed by atoms with E-state index in [1.165, 1.54) is 0 Å². The monoisotopic (exact) mass is 621 g/mol. The SMILES string of the molecule is Cc1cc(CSc2cc(Cl)ccc2Cl)c(C)c(C2C(C#N)=C(N)N(c3ccc(Cl)cc3)C3=C2C(=O)CC(C)(C)C3)c1. The summed E-state index contributed by atoms with van der Waals surface area (Å²) < 4.78 is 0. The molecule has 1 aliphatic heterocycles. The molecule has 4 nitrogen and oxygen atoms in total. The van der Waals surface area contributed by atoms with Crippen molar-refractivity contribution < 1.29 is 4.79 Å². The number of hydrogen-bond donors (Lipinski definition) is 1. The van der Waals surface area contributed by atoms with E-state index in [2.05, 4.69) is 39.0 Å². The Hall–Kier alpha value is -2.88. The average molecular weight is 623 g/mol. The molecule has 0 aromatic heterocycles. The number of allylic oxidation sites excluding steroid dienone is 3. The van der Waals surface area contributed by atoms with Crippen LogP contribution in [0.5, 0.6) is 0 Å². The number of carbonyl (C=O) groups excluding carboxylic acids is 1. The van der Waals surface area contributed by atoms with Crippen molar-refractivity contribution >= 4 is 58.0 Å². The smallest absolute Gasteiger partial charge is 0.162 e. The number of aryl methyl sites for hydroxylation is 1. The van der Waals surface area contributed by atoms with Gasteiger partial charge in [-0.1, -0.05) is 66.3 Å². The zero-order valence-electron chi connectivity index (χ0n) is 23.3. The van der Waals surface area contributed by atoms with Gasteiger partial charge >= 0.3 is 0 Å². The Bertz CT molecular complexity index is 1670. The standard InChI is InChI=1S/C33H30Cl3N3OS/c1-18-11-20(17-41-29-13-22(35)7-10-26(29)36)19(2)24(12-18)30-25(16-37)32(38)39(23-8-5-21(34)6-9-23)27-14-33(3,4)15-28(40)31(27)30/h5-13,30H,14-15,17,38H2,1-4H3. The molecular formula is C33H30Cl3N3OS. The number of nitrogens with zero attached hydrogens (tertiary/aromatic N) is 2. The second kappa shape index (κ2) is 11.4. The van der Waals surface area contributed by atoms with Gasteiger partial charge in [0.25, 0.3) is 0 Å². The van der Waals surface area contributed by atoms with Crippen LogP contribution in [-0.4, -0.2) is 5.78 Å². The second-order valence-electron chi connectivity index (χ2n) is 11.5. The summed E-state index contributed by atoms with van der Waals surface area (Å²) in [6, 6.07) is 19.4. The van der Waals surface area contributed by atoms with Gasteiger partial charge in [0.1, 0.15) is 5.82 Å². The number of nitrogens with two attached hydrogens (primary N) is 1. The Morgan fingerprint density at radius 3 is 2.39 bits per heavy atom. The molecule has 8 heteroatoms. The molecule has 5 rings (SSSR count). The lowest BCUT2D eigenvalue weighted by atomic mass is 9.68. The fraction of sp³-hybridized carbons (Fsp3) is 0.273. The van der Waals surface area contributed by atoms with Crippen LogP contribution in [0.25, 0.3) is 0 Å². The lowest BCUT2D eigenvalue weighted by Gasteiger charge is -2.44. The first-order valence-corrected chi connectivity index (χ1v) is 15.4. The second-order valence-corrected chi connectivity index (χ2v) is 13.8. The molecule has 3 aromatic rings. The number of thioether (sulfide) groups is 1. The number of carbonyl (C=O) groups is 1. The number of benzene rings is 3. The van der Waals surface area contributed by atoms with Crippen LogP contribution in [0, 0.1) is 30.6 Å². The van der Waals surface area contributed by atoms with E-state index in [0.29, 0.717) is 50.6 Å². The highest BCUT2D eigenvalue weighted by atomic mass is 35.5. The van der Waals surface area contributed by atoms with Crippen molar-refractivity contribution in [3.8, 4) is 6.07 Å². The van der Waals surface area contributed by atoms with Crippen LogP contribution in [0.15, 0.2) is 82.2 Å². The van der Waals surface area contributed by atoms with Crippen molar-refractivity contribution in [1.29, 1.82) is 5.26 Å². The van der Waals surface area contributed by atoms with Gasteiger partial charge in [-0.15, -0.1) is 11.8 Å². The fourth-order valence-corrected chi connectivity index (χ4v) is 7.53. The third kappa shape index (κ3) is 5.76. The average Bonchev–Trinajstić information content (AvgIpc) is 2.90. The van der Waals surface area contributed by atoms with Crippen LogP contribution < -0.4 is 10.6 Å². The van der Waals surface area contributed by atoms with E-state index >= 15 is 0 Å². The number of hydrogen-bond acceptors (Lipinski definition) is 5. The van der Waals surface area contributed by atoms with Crippen LogP contribution in [-0.2, 0) is 10.5 Å². The maximum atomic E-state index is 14.0. The Labute approximate surface area is 260 Å². The van der Waals surface area contributed by atoms with Gasteiger partial charge in [-0.3, -0.25) is 9.69 Å². The molecule has 210 valence electrons. The summed E-state index contributed by atoms with van der Waals surface area (Å²) in [6.07, 6.45) is 1.05. The van der Waals surface area contributed by atoms with E-state index in [4.69, 9.17) is 40.5 Å². The predicted octanol–water partition coefficient (Wildman–Crippen LogP) is 9.50. The normalized spacial score (nSPS) is 18.4. The van der Waals surface area contributed by atoms with E-state index < -0.39 is 5.92 Å². The summed E-state index contributed by atoms with van der Waals surface area (Å²) in [7, 11) is 0. The van der Waals surface area contributed by atoms with E-state index in [1.807, 2.05) is 30.0 Å². The van der Waals surface area contributed by atoms with Crippen molar-refractivity contribution in [2.45, 2.75) is 57.1 Å². The van der Waals surface area contributed by atoms with Crippen molar-refractivity contribution in [3.63, 3.8) is 0 Å². The molecule has 2 N–H and O–H groups in total. The number of nitriles is 1. The summed E-state index contributed by atoms with van der Waals surface area (Å²) in [5, 5.41) is 12.4. The summed E-state index contributed by atoms with van der Waals surface area (Å²) in [4.78, 5) is 16.8. The fourth-order valence-electron chi connectivity index (χ4n) is 5.86. The third-order valence-corrected chi connectivity index (χ3v) is 9.79. The van der Waals surface area contributed by atoms with Crippen molar-refractivity contribution in [1.82, 2.24) is 0 Å². The Kier molecular flexibility index (Phi) is 8.25. The topological polar surface area (TPSA) is 70.1 Å². The number of ketones is 1. The van der Waals surface area contributed by atoms with E-state index in [9.17, 15) is 10.1 Å². The van der Waals surface area contributed by atoms with Crippen LogP contribution in [0.2, 0.25) is 15.1 Å². The third-order valence-electron chi connectivity index (χ3n) is 7.75. The maximum Gasteiger partial charge on any atom is 0.162 e. The van der Waals surface area contributed by atoms with Crippen LogP contribution >= 0.6 is 46.6 Å². The van der Waals surface area contributed by atoms with E-state index in [1.54, 1.807) is 36.0 Å². The number of Topliss-reactive ketones (excluding diaryl/α,β-unsaturated/α-hetero) is 1. The highest BCUT2D eigenvalue weighted by Gasteiger charge is 2.45. The number of anilines is 1. The largest absolute Gasteiger partial charge is 0.384 e. The van der Waals surface area contributed by atoms with Gasteiger partial charge < -0.3 is 5.73 Å². The molecule has 1 aliphatic carbocycles. The Balaban J connectivity index is 1.66. The van der Waals surface area contributed by atoms with Crippen molar-refractivity contribution in [2.75, 3.05) is 4.90 Å². The minimum absolute atomic E-state index is 0.0444. The number of halogens is 3. The first-order valence-electron chi connectivity index (χ1n) is 13.3. The lowest BCUT2D eigenvalue weighted by Crippen LogP contribution is -2.42. The molecule has 0 saturated heterocycles. The summed E-state index contributed by atoms with van der Waals surface area (Å²) in [6.45, 7) is 8.28. The van der Waals surface area contributed by atoms with Gasteiger partial charge in [0.05, 0.1) is 22.6 Å². The minimum atomic E-state index is -0.555. The predicted molar refractivity (Wildman–Crippen MR) is 170 cm³/mol. The molecule has 0 amide bonds. The van der Waals surface area contributed by atoms with Crippen LogP contribution in [0.4, 0.5) is 5.69 Å². The van der Waals surface area contributed by atoms with Gasteiger partial charge in [0.2, 0.25) is 0 Å². The van der Waals surface area contributed by atoms with Crippen molar-refractivity contribution in [3.05, 3.63) is 115 Å². The summed E-state index contributed by atoms with van der Waals surface area (Å²) >= 11 is 20.5. The number of rotatable bonds is 5. The highest BCUT2D eigenvalue weighted by Crippen LogP contribution is 2.51. The molecule has 41 heavy (non-hydrogen) atoms.